The van der Waals surface area contributed by atoms with Crippen molar-refractivity contribution in [3.8, 4) is 0 Å². The van der Waals surface area contributed by atoms with E-state index in [1.54, 1.807) is 6.21 Å². The van der Waals surface area contributed by atoms with Gasteiger partial charge in [-0.15, -0.1) is 0 Å². The summed E-state index contributed by atoms with van der Waals surface area (Å²) in [5.41, 5.74) is 0.184. The predicted octanol–water partition coefficient (Wildman–Crippen LogP) is 0.295. The number of imidazole rings is 1. The quantitative estimate of drug-likeness (QED) is 0.644. The van der Waals surface area contributed by atoms with Crippen LogP contribution >= 0.6 is 0 Å². The molecule has 7 nitrogen and oxygen atoms in total. The molecule has 7 heteroatoms. The van der Waals surface area contributed by atoms with E-state index in [1.165, 1.54) is 11.0 Å². The number of hydrogen-bond donors (Lipinski definition) is 2. The second kappa shape index (κ2) is 4.37. The highest BCUT2D eigenvalue weighted by atomic mass is 16.2. The van der Waals surface area contributed by atoms with E-state index in [-0.39, 0.29) is 11.2 Å². The Hall–Kier alpha value is -2.96. The molecule has 0 unspecified atom stereocenters. The average Bonchev–Trinajstić information content (AvgIpc) is 2.81. The third-order valence-electron chi connectivity index (χ3n) is 2.55. The zero-order chi connectivity index (χ0) is 13.2. The summed E-state index contributed by atoms with van der Waals surface area (Å²) in [6.45, 7) is 0. The first-order chi connectivity index (χ1) is 9.24. The normalized spacial score (nSPS) is 11.4. The zero-order valence-electron chi connectivity index (χ0n) is 9.70. The maximum atomic E-state index is 11.5. The number of fused-ring (bicyclic) bond motifs is 1. The van der Waals surface area contributed by atoms with Crippen LogP contribution in [0.5, 0.6) is 0 Å². The van der Waals surface area contributed by atoms with Gasteiger partial charge in [0.15, 0.2) is 11.2 Å². The first kappa shape index (κ1) is 11.1. The van der Waals surface area contributed by atoms with E-state index in [9.17, 15) is 9.59 Å². The Morgan fingerprint density at radius 1 is 1.16 bits per heavy atom. The highest BCUT2D eigenvalue weighted by molar-refractivity contribution is 5.80. The van der Waals surface area contributed by atoms with Crippen LogP contribution in [-0.2, 0) is 0 Å². The minimum atomic E-state index is -0.589. The van der Waals surface area contributed by atoms with Crippen LogP contribution in [0.15, 0.2) is 51.3 Å². The lowest BCUT2D eigenvalue weighted by Gasteiger charge is -1.95. The van der Waals surface area contributed by atoms with E-state index in [0.29, 0.717) is 0 Å². The molecule has 0 bridgehead atoms. The molecular formula is C12H9N5O2. The van der Waals surface area contributed by atoms with Gasteiger partial charge in [-0.1, -0.05) is 30.3 Å². The third kappa shape index (κ3) is 2.08. The largest absolute Gasteiger partial charge is 0.327 e. The summed E-state index contributed by atoms with van der Waals surface area (Å²) in [5, 5.41) is 4.15. The minimum absolute atomic E-state index is 0.143. The van der Waals surface area contributed by atoms with Gasteiger partial charge < -0.3 is 0 Å². The SMILES string of the molecule is O=c1[nH]c(=O)c2ncn(N=Cc3ccccc3)c2[nH]1. The fraction of sp³-hybridized carbons (Fsp3) is 0. The highest BCUT2D eigenvalue weighted by Crippen LogP contribution is 2.02. The molecule has 0 aliphatic heterocycles. The molecule has 0 saturated heterocycles. The van der Waals surface area contributed by atoms with Gasteiger partial charge in [-0.25, -0.2) is 14.5 Å². The summed E-state index contributed by atoms with van der Waals surface area (Å²) >= 11 is 0. The van der Waals surface area contributed by atoms with Gasteiger partial charge in [0.25, 0.3) is 5.56 Å². The first-order valence-electron chi connectivity index (χ1n) is 5.53. The van der Waals surface area contributed by atoms with Gasteiger partial charge in [0.1, 0.15) is 6.33 Å². The van der Waals surface area contributed by atoms with Crippen molar-refractivity contribution in [2.45, 2.75) is 0 Å². The van der Waals surface area contributed by atoms with Crippen molar-refractivity contribution in [2.75, 3.05) is 0 Å². The van der Waals surface area contributed by atoms with Crippen LogP contribution in [-0.4, -0.2) is 25.8 Å². The molecule has 0 aliphatic carbocycles. The lowest BCUT2D eigenvalue weighted by molar-refractivity contribution is 0.890. The molecule has 0 atom stereocenters. The zero-order valence-corrected chi connectivity index (χ0v) is 9.70. The van der Waals surface area contributed by atoms with Gasteiger partial charge in [-0.3, -0.25) is 14.8 Å². The Kier molecular flexibility index (Phi) is 2.57. The summed E-state index contributed by atoms with van der Waals surface area (Å²) in [6.07, 6.45) is 2.98. The Morgan fingerprint density at radius 3 is 2.74 bits per heavy atom. The van der Waals surface area contributed by atoms with Gasteiger partial charge in [0, 0.05) is 0 Å². The van der Waals surface area contributed by atoms with Crippen LogP contribution in [0.4, 0.5) is 0 Å². The van der Waals surface area contributed by atoms with Crippen molar-refractivity contribution in [3.05, 3.63) is 63.1 Å². The Labute approximate surface area is 106 Å². The predicted molar refractivity (Wildman–Crippen MR) is 70.4 cm³/mol. The second-order valence-electron chi connectivity index (χ2n) is 3.85. The molecule has 94 valence electrons. The fourth-order valence-corrected chi connectivity index (χ4v) is 1.68. The average molecular weight is 255 g/mol. The summed E-state index contributed by atoms with van der Waals surface area (Å²) in [5.74, 6) is 0. The van der Waals surface area contributed by atoms with Crippen LogP contribution in [0.3, 0.4) is 0 Å². The number of aromatic nitrogens is 4. The third-order valence-corrected chi connectivity index (χ3v) is 2.55. The molecule has 2 heterocycles. The van der Waals surface area contributed by atoms with E-state index in [1.807, 2.05) is 30.3 Å². The van der Waals surface area contributed by atoms with Crippen molar-refractivity contribution in [1.82, 2.24) is 19.6 Å². The molecule has 3 aromatic rings. The highest BCUT2D eigenvalue weighted by Gasteiger charge is 2.06. The molecule has 2 N–H and O–H groups in total. The maximum Gasteiger partial charge on any atom is 0.327 e. The standard InChI is InChI=1S/C12H9N5O2/c18-11-9-10(15-12(19)16-11)17(7-13-9)14-6-8-4-2-1-3-5-8/h1-7H,(H2,15,16,18,19). The van der Waals surface area contributed by atoms with Crippen LogP contribution in [0, 0.1) is 0 Å². The van der Waals surface area contributed by atoms with Crippen molar-refractivity contribution >= 4 is 17.4 Å². The molecule has 0 radical (unpaired) electrons. The molecule has 0 spiro atoms. The summed E-state index contributed by atoms with van der Waals surface area (Å²) in [7, 11) is 0. The number of benzene rings is 1. The van der Waals surface area contributed by atoms with Crippen molar-refractivity contribution < 1.29 is 0 Å². The number of H-pyrrole nitrogens is 2. The molecule has 0 fully saturated rings. The number of rotatable bonds is 2. The number of hydrogen-bond acceptors (Lipinski definition) is 4. The number of nitrogens with zero attached hydrogens (tertiary/aromatic N) is 3. The monoisotopic (exact) mass is 255 g/mol. The van der Waals surface area contributed by atoms with E-state index in [2.05, 4.69) is 20.1 Å². The van der Waals surface area contributed by atoms with Crippen molar-refractivity contribution in [1.29, 1.82) is 0 Å². The van der Waals surface area contributed by atoms with E-state index < -0.39 is 11.2 Å². The van der Waals surface area contributed by atoms with Crippen molar-refractivity contribution in [3.63, 3.8) is 0 Å². The van der Waals surface area contributed by atoms with Crippen LogP contribution < -0.4 is 11.2 Å². The van der Waals surface area contributed by atoms with Crippen molar-refractivity contribution in [2.24, 2.45) is 5.10 Å². The summed E-state index contributed by atoms with van der Waals surface area (Å²) < 4.78 is 1.35. The van der Waals surface area contributed by atoms with Gasteiger partial charge in [0.05, 0.1) is 6.21 Å². The molecule has 0 saturated carbocycles. The summed E-state index contributed by atoms with van der Waals surface area (Å²) in [6, 6.07) is 9.46. The van der Waals surface area contributed by atoms with E-state index >= 15 is 0 Å². The van der Waals surface area contributed by atoms with E-state index in [0.717, 1.165) is 5.56 Å². The van der Waals surface area contributed by atoms with Gasteiger partial charge in [0.2, 0.25) is 0 Å². The summed E-state index contributed by atoms with van der Waals surface area (Å²) in [4.78, 5) is 31.2. The second-order valence-corrected chi connectivity index (χ2v) is 3.85. The van der Waals surface area contributed by atoms with Crippen LogP contribution in [0.1, 0.15) is 5.56 Å². The lowest BCUT2D eigenvalue weighted by Crippen LogP contribution is -2.22. The van der Waals surface area contributed by atoms with E-state index in [4.69, 9.17) is 0 Å². The molecule has 3 rings (SSSR count). The minimum Gasteiger partial charge on any atom is -0.290 e. The molecule has 19 heavy (non-hydrogen) atoms. The lowest BCUT2D eigenvalue weighted by atomic mass is 10.2. The molecule has 1 aromatic carbocycles. The maximum absolute atomic E-state index is 11.5. The smallest absolute Gasteiger partial charge is 0.290 e. The molecule has 0 amide bonds. The molecule has 0 aliphatic rings. The molecular weight excluding hydrogens is 246 g/mol. The Balaban J connectivity index is 2.10. The topological polar surface area (TPSA) is 95.9 Å². The fourth-order valence-electron chi connectivity index (χ4n) is 1.68. The first-order valence-corrected chi connectivity index (χ1v) is 5.53. The van der Waals surface area contributed by atoms with Crippen LogP contribution in [0.25, 0.3) is 11.2 Å². The number of nitrogens with one attached hydrogen (secondary N) is 2. The Bertz CT molecular complexity index is 857. The van der Waals surface area contributed by atoms with Gasteiger partial charge in [-0.2, -0.15) is 5.10 Å². The van der Waals surface area contributed by atoms with Crippen LogP contribution in [0.2, 0.25) is 0 Å². The van der Waals surface area contributed by atoms with Gasteiger partial charge in [-0.05, 0) is 5.56 Å². The van der Waals surface area contributed by atoms with Gasteiger partial charge >= 0.3 is 5.69 Å². The number of aromatic amines is 2. The molecule has 2 aromatic heterocycles. The Morgan fingerprint density at radius 2 is 1.95 bits per heavy atom.